The number of ether oxygens (including phenoxy) is 3. The highest BCUT2D eigenvalue weighted by molar-refractivity contribution is 6.09. The summed E-state index contributed by atoms with van der Waals surface area (Å²) in [5.74, 6) is 1.14. The Morgan fingerprint density at radius 3 is 2.91 bits per heavy atom. The van der Waals surface area contributed by atoms with E-state index < -0.39 is 23.4 Å². The van der Waals surface area contributed by atoms with Crippen LogP contribution >= 0.6 is 0 Å². The van der Waals surface area contributed by atoms with Crippen LogP contribution in [0.2, 0.25) is 0 Å². The fourth-order valence-electron chi connectivity index (χ4n) is 4.82. The molecule has 3 aliphatic heterocycles. The number of hydrogen-bond acceptors (Lipinski definition) is 6. The van der Waals surface area contributed by atoms with Gasteiger partial charge in [0.2, 0.25) is 5.91 Å². The number of nitrogens with zero attached hydrogens (tertiary/aromatic N) is 1. The summed E-state index contributed by atoms with van der Waals surface area (Å²) in [5.41, 5.74) is 1.25. The fraction of sp³-hybridized carbons (Fsp3) is 0.400. The normalized spacial score (nSPS) is 22.5. The molecule has 0 bridgehead atoms. The quantitative estimate of drug-likeness (QED) is 0.634. The molecule has 5 rings (SSSR count). The van der Waals surface area contributed by atoms with Gasteiger partial charge in [-0.2, -0.15) is 0 Å². The highest BCUT2D eigenvalue weighted by Crippen LogP contribution is 2.41. The first-order chi connectivity index (χ1) is 16.4. The molecule has 2 unspecified atom stereocenters. The Hall–Kier alpha value is -3.75. The number of urea groups is 1. The summed E-state index contributed by atoms with van der Waals surface area (Å²) in [5, 5.41) is 5.61. The van der Waals surface area contributed by atoms with Crippen LogP contribution in [0.1, 0.15) is 37.0 Å². The van der Waals surface area contributed by atoms with Gasteiger partial charge in [-0.05, 0) is 32.0 Å². The van der Waals surface area contributed by atoms with E-state index in [1.54, 1.807) is 18.2 Å². The standard InChI is InChI=1S/C25H27N3O6/c1-3-32-20-11-16-10-15(2)34-21(16)12-17(20)13-26-22(29)14-28-23(30)25(27-24(28)31)8-9-33-19-7-5-4-6-18(19)25/h4-7,11-12,15H,3,8-10,13-14H2,1-2H3,(H,26,29)(H,27,31). The third kappa shape index (κ3) is 3.70. The number of imide groups is 1. The van der Waals surface area contributed by atoms with Gasteiger partial charge < -0.3 is 24.8 Å². The van der Waals surface area contributed by atoms with Crippen LogP contribution in [0.15, 0.2) is 36.4 Å². The Bertz CT molecular complexity index is 1170. The number of para-hydroxylation sites is 1. The van der Waals surface area contributed by atoms with E-state index in [9.17, 15) is 14.4 Å². The minimum absolute atomic E-state index is 0.0941. The van der Waals surface area contributed by atoms with Gasteiger partial charge in [0.25, 0.3) is 5.91 Å². The third-order valence-electron chi connectivity index (χ3n) is 6.41. The van der Waals surface area contributed by atoms with Gasteiger partial charge in [-0.15, -0.1) is 0 Å². The molecule has 3 heterocycles. The average Bonchev–Trinajstić information content (AvgIpc) is 3.29. The molecule has 1 spiro atoms. The Kier molecular flexibility index (Phi) is 5.55. The van der Waals surface area contributed by atoms with E-state index >= 15 is 0 Å². The number of benzene rings is 2. The number of fused-ring (bicyclic) bond motifs is 3. The minimum Gasteiger partial charge on any atom is -0.494 e. The van der Waals surface area contributed by atoms with Crippen molar-refractivity contribution in [2.24, 2.45) is 0 Å². The molecule has 4 amide bonds. The summed E-state index contributed by atoms with van der Waals surface area (Å²) in [6, 6.07) is 10.4. The van der Waals surface area contributed by atoms with Crippen molar-refractivity contribution < 1.29 is 28.6 Å². The van der Waals surface area contributed by atoms with Crippen molar-refractivity contribution in [2.45, 2.75) is 44.9 Å². The molecule has 9 nitrogen and oxygen atoms in total. The molecule has 3 aliphatic rings. The Morgan fingerprint density at radius 2 is 2.09 bits per heavy atom. The van der Waals surface area contributed by atoms with Crippen LogP contribution in [0.3, 0.4) is 0 Å². The predicted octanol–water partition coefficient (Wildman–Crippen LogP) is 2.25. The van der Waals surface area contributed by atoms with Gasteiger partial charge in [0.1, 0.15) is 29.9 Å². The van der Waals surface area contributed by atoms with Gasteiger partial charge in [0, 0.05) is 36.1 Å². The lowest BCUT2D eigenvalue weighted by atomic mass is 9.84. The zero-order valence-electron chi connectivity index (χ0n) is 19.2. The zero-order valence-corrected chi connectivity index (χ0v) is 19.2. The Labute approximate surface area is 197 Å². The molecular weight excluding hydrogens is 438 g/mol. The average molecular weight is 466 g/mol. The van der Waals surface area contributed by atoms with Crippen LogP contribution in [-0.4, -0.2) is 48.6 Å². The number of nitrogens with one attached hydrogen (secondary N) is 2. The molecule has 0 saturated carbocycles. The maximum atomic E-state index is 13.3. The summed E-state index contributed by atoms with van der Waals surface area (Å²) in [6.07, 6.45) is 1.21. The van der Waals surface area contributed by atoms with Crippen LogP contribution in [0.5, 0.6) is 17.2 Å². The van der Waals surface area contributed by atoms with Crippen molar-refractivity contribution in [2.75, 3.05) is 19.8 Å². The van der Waals surface area contributed by atoms with E-state index in [2.05, 4.69) is 10.6 Å². The van der Waals surface area contributed by atoms with Gasteiger partial charge in [-0.3, -0.25) is 14.5 Å². The highest BCUT2D eigenvalue weighted by Gasteiger charge is 2.55. The number of carbonyl (C=O) groups is 3. The lowest BCUT2D eigenvalue weighted by molar-refractivity contribution is -0.136. The molecule has 2 aromatic rings. The molecule has 178 valence electrons. The molecule has 0 aromatic heterocycles. The van der Waals surface area contributed by atoms with Crippen molar-refractivity contribution in [3.05, 3.63) is 53.1 Å². The maximum Gasteiger partial charge on any atom is 0.325 e. The van der Waals surface area contributed by atoms with Crippen LogP contribution in [0.25, 0.3) is 0 Å². The second kappa shape index (κ2) is 8.55. The summed E-state index contributed by atoms with van der Waals surface area (Å²) < 4.78 is 17.2. The van der Waals surface area contributed by atoms with Gasteiger partial charge in [-0.1, -0.05) is 18.2 Å². The first kappa shape index (κ1) is 22.1. The van der Waals surface area contributed by atoms with E-state index in [0.717, 1.165) is 28.2 Å². The molecule has 2 atom stereocenters. The smallest absolute Gasteiger partial charge is 0.325 e. The summed E-state index contributed by atoms with van der Waals surface area (Å²) in [7, 11) is 0. The van der Waals surface area contributed by atoms with E-state index in [4.69, 9.17) is 14.2 Å². The van der Waals surface area contributed by atoms with Crippen LogP contribution in [0, 0.1) is 0 Å². The van der Waals surface area contributed by atoms with E-state index in [0.29, 0.717) is 36.7 Å². The van der Waals surface area contributed by atoms with Crippen molar-refractivity contribution in [3.8, 4) is 17.2 Å². The zero-order chi connectivity index (χ0) is 23.9. The lowest BCUT2D eigenvalue weighted by Crippen LogP contribution is -2.48. The van der Waals surface area contributed by atoms with Crippen molar-refractivity contribution in [3.63, 3.8) is 0 Å². The second-order valence-electron chi connectivity index (χ2n) is 8.73. The van der Waals surface area contributed by atoms with E-state index in [1.165, 1.54) is 0 Å². The number of carbonyl (C=O) groups excluding carboxylic acids is 3. The molecule has 9 heteroatoms. The van der Waals surface area contributed by atoms with E-state index in [1.807, 2.05) is 32.0 Å². The van der Waals surface area contributed by atoms with Gasteiger partial charge >= 0.3 is 6.03 Å². The highest BCUT2D eigenvalue weighted by atomic mass is 16.5. The first-order valence-corrected chi connectivity index (χ1v) is 11.5. The summed E-state index contributed by atoms with van der Waals surface area (Å²) in [6.45, 7) is 4.50. The molecule has 0 aliphatic carbocycles. The number of hydrogen-bond donors (Lipinski definition) is 2. The van der Waals surface area contributed by atoms with Gasteiger partial charge in [0.15, 0.2) is 5.54 Å². The Balaban J connectivity index is 1.29. The number of rotatable bonds is 6. The molecule has 1 fully saturated rings. The Morgan fingerprint density at radius 1 is 1.26 bits per heavy atom. The fourth-order valence-corrected chi connectivity index (χ4v) is 4.82. The molecule has 34 heavy (non-hydrogen) atoms. The topological polar surface area (TPSA) is 106 Å². The monoisotopic (exact) mass is 465 g/mol. The van der Waals surface area contributed by atoms with Crippen molar-refractivity contribution in [1.82, 2.24) is 15.5 Å². The van der Waals surface area contributed by atoms with Gasteiger partial charge in [-0.25, -0.2) is 4.79 Å². The van der Waals surface area contributed by atoms with Gasteiger partial charge in [0.05, 0.1) is 13.2 Å². The minimum atomic E-state index is -1.21. The van der Waals surface area contributed by atoms with Crippen LogP contribution in [-0.2, 0) is 28.1 Å². The van der Waals surface area contributed by atoms with Crippen molar-refractivity contribution >= 4 is 17.8 Å². The van der Waals surface area contributed by atoms with E-state index in [-0.39, 0.29) is 19.2 Å². The first-order valence-electron chi connectivity index (χ1n) is 11.5. The maximum absolute atomic E-state index is 13.3. The predicted molar refractivity (Wildman–Crippen MR) is 122 cm³/mol. The molecule has 2 aromatic carbocycles. The number of amides is 4. The molecular formula is C25H27N3O6. The second-order valence-corrected chi connectivity index (χ2v) is 8.73. The largest absolute Gasteiger partial charge is 0.494 e. The summed E-state index contributed by atoms with van der Waals surface area (Å²) in [4.78, 5) is 39.8. The SMILES string of the molecule is CCOc1cc2c(cc1CNC(=O)CN1C(=O)NC3(CCOc4ccccc43)C1=O)OC(C)C2. The molecule has 1 saturated heterocycles. The lowest BCUT2D eigenvalue weighted by Gasteiger charge is -2.33. The summed E-state index contributed by atoms with van der Waals surface area (Å²) >= 11 is 0. The van der Waals surface area contributed by atoms with Crippen molar-refractivity contribution in [1.29, 1.82) is 0 Å². The molecule has 2 N–H and O–H groups in total. The molecule has 0 radical (unpaired) electrons. The third-order valence-corrected chi connectivity index (χ3v) is 6.41. The van der Waals surface area contributed by atoms with Crippen LogP contribution in [0.4, 0.5) is 4.79 Å². The van der Waals surface area contributed by atoms with Crippen LogP contribution < -0.4 is 24.8 Å².